The van der Waals surface area contributed by atoms with Gasteiger partial charge in [0.05, 0.1) is 6.04 Å². The largest absolute Gasteiger partial charge is 0.343 e. The van der Waals surface area contributed by atoms with Gasteiger partial charge < -0.3 is 15.5 Å². The third-order valence-electron chi connectivity index (χ3n) is 7.22. The number of likely N-dealkylation sites (N-methyl/N-ethyl adjacent to an activating group) is 1. The van der Waals surface area contributed by atoms with Crippen LogP contribution in [0.3, 0.4) is 0 Å². The molecule has 1 fully saturated rings. The Morgan fingerprint density at radius 3 is 2.53 bits per heavy atom. The number of amides is 2. The van der Waals surface area contributed by atoms with Crippen LogP contribution >= 0.6 is 11.8 Å². The Bertz CT molecular complexity index is 888. The first kappa shape index (κ1) is 32.3. The van der Waals surface area contributed by atoms with Gasteiger partial charge in [-0.15, -0.1) is 11.8 Å². The van der Waals surface area contributed by atoms with Crippen molar-refractivity contribution in [2.24, 2.45) is 5.92 Å². The first-order valence-electron chi connectivity index (χ1n) is 14.4. The molecule has 3 atom stereocenters. The molecule has 214 valence electrons. The van der Waals surface area contributed by atoms with E-state index < -0.39 is 12.3 Å². The maximum atomic E-state index is 14.0. The fourth-order valence-corrected chi connectivity index (χ4v) is 5.48. The molecule has 0 saturated heterocycles. The number of aryl methyl sites for hydroxylation is 1. The third kappa shape index (κ3) is 10.0. The topological polar surface area (TPSA) is 82.7 Å². The van der Waals surface area contributed by atoms with Crippen LogP contribution < -0.4 is 16.1 Å². The van der Waals surface area contributed by atoms with Crippen molar-refractivity contribution in [2.45, 2.75) is 97.9 Å². The second kappa shape index (κ2) is 17.7. The predicted octanol–water partition coefficient (Wildman–Crippen LogP) is 5.26. The summed E-state index contributed by atoms with van der Waals surface area (Å²) in [6.45, 7) is 11.3. The molecule has 0 bridgehead atoms. The van der Waals surface area contributed by atoms with Crippen molar-refractivity contribution < 1.29 is 14.4 Å². The lowest BCUT2D eigenvalue weighted by Crippen LogP contribution is -2.58. The minimum absolute atomic E-state index is 0.0416. The summed E-state index contributed by atoms with van der Waals surface area (Å²) in [5.41, 5.74) is 6.70. The summed E-state index contributed by atoms with van der Waals surface area (Å²) in [6, 6.07) is 7.56. The lowest BCUT2D eigenvalue weighted by molar-refractivity contribution is -0.160. The van der Waals surface area contributed by atoms with Gasteiger partial charge in [0.1, 0.15) is 6.04 Å². The molecule has 0 spiro atoms. The van der Waals surface area contributed by atoms with E-state index in [1.165, 1.54) is 12.0 Å². The minimum Gasteiger partial charge on any atom is -0.343 e. The monoisotopic (exact) mass is 546 g/mol. The van der Waals surface area contributed by atoms with Crippen LogP contribution in [0.15, 0.2) is 29.7 Å². The third-order valence-corrected chi connectivity index (χ3v) is 8.00. The SMILES string of the molecule is CCCN(C(=O)C(NC(=O)[C@H](C)NC)C1CCCCC1)C(CC)ONC/C(=C\SCC)c1cccc(C)c1. The molecule has 0 heterocycles. The Kier molecular flexibility index (Phi) is 15.0. The molecular weight excluding hydrogens is 496 g/mol. The van der Waals surface area contributed by atoms with Crippen molar-refractivity contribution in [3.8, 4) is 0 Å². The van der Waals surface area contributed by atoms with E-state index in [0.717, 1.165) is 49.0 Å². The molecular formula is C30H50N4O3S. The highest BCUT2D eigenvalue weighted by molar-refractivity contribution is 8.02. The molecule has 38 heavy (non-hydrogen) atoms. The van der Waals surface area contributed by atoms with Crippen molar-refractivity contribution in [1.29, 1.82) is 0 Å². The van der Waals surface area contributed by atoms with Crippen LogP contribution in [0, 0.1) is 12.8 Å². The van der Waals surface area contributed by atoms with E-state index in [4.69, 9.17) is 4.84 Å². The molecule has 2 amide bonds. The zero-order valence-electron chi connectivity index (χ0n) is 24.3. The number of hydrogen-bond acceptors (Lipinski definition) is 6. The van der Waals surface area contributed by atoms with Crippen molar-refractivity contribution in [3.05, 3.63) is 40.8 Å². The molecule has 1 aliphatic carbocycles. The van der Waals surface area contributed by atoms with Crippen LogP contribution in [0.1, 0.15) is 83.8 Å². The van der Waals surface area contributed by atoms with Crippen LogP contribution in [-0.2, 0) is 14.4 Å². The number of nitrogens with one attached hydrogen (secondary N) is 3. The zero-order valence-corrected chi connectivity index (χ0v) is 25.2. The number of carbonyl (C=O) groups excluding carboxylic acids is 2. The Balaban J connectivity index is 2.18. The normalized spacial score (nSPS) is 17.1. The van der Waals surface area contributed by atoms with Crippen molar-refractivity contribution in [1.82, 2.24) is 21.0 Å². The highest BCUT2D eigenvalue weighted by Gasteiger charge is 2.36. The van der Waals surface area contributed by atoms with E-state index >= 15 is 0 Å². The van der Waals surface area contributed by atoms with Crippen molar-refractivity contribution in [3.63, 3.8) is 0 Å². The number of nitrogens with zero attached hydrogens (tertiary/aromatic N) is 1. The Hall–Kier alpha value is -1.87. The standard InChI is InChI=1S/C30H50N4O3S/c1-7-18-34(30(36)28(24-15-11-10-12-16-24)33-29(35)23(5)31-6)27(8-2)37-32-20-26(21-38-9-3)25-17-13-14-22(4)19-25/h13-14,17,19,21,23-24,27-28,31-32H,7-12,15-16,18,20H2,1-6H3,(H,33,35)/b26-21+/t23-,27?,28?/m0/s1. The molecule has 0 aliphatic heterocycles. The van der Waals surface area contributed by atoms with E-state index in [1.54, 1.807) is 18.8 Å². The molecule has 2 unspecified atom stereocenters. The predicted molar refractivity (Wildman–Crippen MR) is 159 cm³/mol. The van der Waals surface area contributed by atoms with Crippen LogP contribution in [0.2, 0.25) is 0 Å². The van der Waals surface area contributed by atoms with Gasteiger partial charge in [0, 0.05) is 13.1 Å². The summed E-state index contributed by atoms with van der Waals surface area (Å²) in [6.07, 6.45) is 6.33. The molecule has 8 heteroatoms. The molecule has 2 rings (SSSR count). The molecule has 0 aromatic heterocycles. The van der Waals surface area contributed by atoms with E-state index in [-0.39, 0.29) is 23.8 Å². The Labute approximate surface area is 234 Å². The summed E-state index contributed by atoms with van der Waals surface area (Å²) in [5.74, 6) is 0.963. The molecule has 7 nitrogen and oxygen atoms in total. The number of benzene rings is 1. The lowest BCUT2D eigenvalue weighted by Gasteiger charge is -2.37. The maximum Gasteiger partial charge on any atom is 0.247 e. The molecule has 0 radical (unpaired) electrons. The molecule has 1 aromatic carbocycles. The maximum absolute atomic E-state index is 14.0. The number of carbonyl (C=O) groups is 2. The first-order chi connectivity index (χ1) is 18.4. The molecule has 1 aromatic rings. The average molecular weight is 547 g/mol. The van der Waals surface area contributed by atoms with Gasteiger partial charge in [0.25, 0.3) is 0 Å². The first-order valence-corrected chi connectivity index (χ1v) is 15.4. The minimum atomic E-state index is -0.536. The highest BCUT2D eigenvalue weighted by atomic mass is 32.2. The van der Waals surface area contributed by atoms with Crippen molar-refractivity contribution in [2.75, 3.05) is 25.9 Å². The van der Waals surface area contributed by atoms with Gasteiger partial charge in [0.15, 0.2) is 6.23 Å². The molecule has 3 N–H and O–H groups in total. The van der Waals surface area contributed by atoms with Gasteiger partial charge in [-0.1, -0.05) is 69.9 Å². The van der Waals surface area contributed by atoms with Gasteiger partial charge in [-0.05, 0) is 74.8 Å². The van der Waals surface area contributed by atoms with Crippen LogP contribution in [0.25, 0.3) is 5.57 Å². The zero-order chi connectivity index (χ0) is 27.9. The quantitative estimate of drug-likeness (QED) is 0.194. The van der Waals surface area contributed by atoms with Gasteiger partial charge in [-0.25, -0.2) is 0 Å². The van der Waals surface area contributed by atoms with Crippen LogP contribution in [0.5, 0.6) is 0 Å². The number of rotatable bonds is 16. The van der Waals surface area contributed by atoms with Gasteiger partial charge >= 0.3 is 0 Å². The number of hydrogen-bond donors (Lipinski definition) is 3. The van der Waals surface area contributed by atoms with E-state index in [1.807, 2.05) is 18.7 Å². The second-order valence-electron chi connectivity index (χ2n) is 10.2. The number of hydroxylamine groups is 1. The summed E-state index contributed by atoms with van der Waals surface area (Å²) < 4.78 is 0. The highest BCUT2D eigenvalue weighted by Crippen LogP contribution is 2.28. The summed E-state index contributed by atoms with van der Waals surface area (Å²) in [5, 5.41) is 8.27. The van der Waals surface area contributed by atoms with E-state index in [9.17, 15) is 9.59 Å². The van der Waals surface area contributed by atoms with Gasteiger partial charge in [0.2, 0.25) is 11.8 Å². The average Bonchev–Trinajstić information content (AvgIpc) is 2.94. The smallest absolute Gasteiger partial charge is 0.247 e. The molecule has 1 saturated carbocycles. The summed E-state index contributed by atoms with van der Waals surface area (Å²) >= 11 is 1.76. The number of thioether (sulfide) groups is 1. The second-order valence-corrected chi connectivity index (χ2v) is 11.3. The fraction of sp³-hybridized carbons (Fsp3) is 0.667. The summed E-state index contributed by atoms with van der Waals surface area (Å²) in [7, 11) is 1.76. The van der Waals surface area contributed by atoms with Crippen LogP contribution in [-0.4, -0.2) is 60.9 Å². The lowest BCUT2D eigenvalue weighted by atomic mass is 9.83. The summed E-state index contributed by atoms with van der Waals surface area (Å²) in [4.78, 5) is 34.9. The van der Waals surface area contributed by atoms with Crippen LogP contribution in [0.4, 0.5) is 0 Å². The fourth-order valence-electron chi connectivity index (χ4n) is 4.90. The Morgan fingerprint density at radius 2 is 1.92 bits per heavy atom. The van der Waals surface area contributed by atoms with Gasteiger partial charge in [-0.2, -0.15) is 5.48 Å². The Morgan fingerprint density at radius 1 is 1.18 bits per heavy atom. The van der Waals surface area contributed by atoms with E-state index in [0.29, 0.717) is 19.5 Å². The molecule has 1 aliphatic rings. The van der Waals surface area contributed by atoms with Crippen molar-refractivity contribution >= 4 is 29.1 Å². The van der Waals surface area contributed by atoms with E-state index in [2.05, 4.69) is 66.6 Å². The van der Waals surface area contributed by atoms with Gasteiger partial charge in [-0.3, -0.25) is 14.4 Å².